The van der Waals surface area contributed by atoms with Crippen molar-refractivity contribution in [3.8, 4) is 5.75 Å². The van der Waals surface area contributed by atoms with Crippen LogP contribution in [0.3, 0.4) is 0 Å². The lowest BCUT2D eigenvalue weighted by Gasteiger charge is -2.06. The van der Waals surface area contributed by atoms with E-state index in [4.69, 9.17) is 4.74 Å². The Morgan fingerprint density at radius 2 is 1.83 bits per heavy atom. The number of benzene rings is 1. The maximum atomic E-state index is 5.67. The zero-order valence-electron chi connectivity index (χ0n) is 12.2. The van der Waals surface area contributed by atoms with E-state index in [0.29, 0.717) is 6.61 Å². The summed E-state index contributed by atoms with van der Waals surface area (Å²) in [5, 5.41) is 0. The van der Waals surface area contributed by atoms with Crippen molar-refractivity contribution >= 4 is 6.21 Å². The van der Waals surface area contributed by atoms with Crippen molar-refractivity contribution in [2.24, 2.45) is 4.99 Å². The Labute approximate surface area is 111 Å². The lowest BCUT2D eigenvalue weighted by Crippen LogP contribution is -2.02. The van der Waals surface area contributed by atoms with Crippen LogP contribution in [0.2, 0.25) is 0 Å². The molecule has 0 radical (unpaired) electrons. The van der Waals surface area contributed by atoms with Gasteiger partial charge in [-0.3, -0.25) is 4.99 Å². The van der Waals surface area contributed by atoms with Gasteiger partial charge >= 0.3 is 0 Å². The molecular weight excluding hydrogens is 222 g/mol. The maximum Gasteiger partial charge on any atom is 0.119 e. The molecule has 1 rings (SSSR count). The zero-order chi connectivity index (χ0) is 13.8. The van der Waals surface area contributed by atoms with Crippen molar-refractivity contribution < 1.29 is 4.74 Å². The van der Waals surface area contributed by atoms with Crippen molar-refractivity contribution in [1.29, 1.82) is 0 Å². The summed E-state index contributed by atoms with van der Waals surface area (Å²) in [6, 6.07) is 8.07. The first kappa shape index (κ1) is 16.4. The Kier molecular flexibility index (Phi) is 9.65. The van der Waals surface area contributed by atoms with Crippen LogP contribution in [-0.4, -0.2) is 19.9 Å². The summed E-state index contributed by atoms with van der Waals surface area (Å²) in [7, 11) is 1.77. The molecule has 2 nitrogen and oxygen atoms in total. The smallest absolute Gasteiger partial charge is 0.119 e. The molecule has 0 aliphatic heterocycles. The van der Waals surface area contributed by atoms with Gasteiger partial charge in [-0.1, -0.05) is 44.5 Å². The number of aliphatic imine (C=N–C) groups is 1. The van der Waals surface area contributed by atoms with Crippen LogP contribution in [-0.2, 0) is 0 Å². The third-order valence-corrected chi connectivity index (χ3v) is 2.19. The Balaban J connectivity index is 0.00000137. The largest absolute Gasteiger partial charge is 0.489 e. The average Bonchev–Trinajstić information content (AvgIpc) is 2.41. The second kappa shape index (κ2) is 10.6. The number of hydrogen-bond donors (Lipinski definition) is 0. The number of aryl methyl sites for hydroxylation is 1. The van der Waals surface area contributed by atoms with Crippen molar-refractivity contribution in [2.45, 2.75) is 34.1 Å². The van der Waals surface area contributed by atoms with E-state index >= 15 is 0 Å². The normalized spacial score (nSPS) is 11.1. The molecule has 0 saturated heterocycles. The highest BCUT2D eigenvalue weighted by Crippen LogP contribution is 2.12. The predicted octanol–water partition coefficient (Wildman–Crippen LogP) is 4.44. The zero-order valence-corrected chi connectivity index (χ0v) is 12.2. The van der Waals surface area contributed by atoms with Crippen LogP contribution < -0.4 is 4.74 Å². The predicted molar refractivity (Wildman–Crippen MR) is 80.8 cm³/mol. The Morgan fingerprint density at radius 1 is 1.22 bits per heavy atom. The van der Waals surface area contributed by atoms with Gasteiger partial charge in [0.25, 0.3) is 0 Å². The number of hydrogen-bond acceptors (Lipinski definition) is 2. The number of ether oxygens (including phenoxy) is 1. The molecule has 0 atom stereocenters. The van der Waals surface area contributed by atoms with Gasteiger partial charge < -0.3 is 4.74 Å². The van der Waals surface area contributed by atoms with Gasteiger partial charge in [0.2, 0.25) is 0 Å². The number of allylic oxidation sites excluding steroid dienone is 1. The highest BCUT2D eigenvalue weighted by atomic mass is 16.5. The maximum absolute atomic E-state index is 5.67. The quantitative estimate of drug-likeness (QED) is 0.705. The minimum Gasteiger partial charge on any atom is -0.489 e. The summed E-state index contributed by atoms with van der Waals surface area (Å²) in [6.45, 7) is 8.75. The van der Waals surface area contributed by atoms with Crippen LogP contribution in [0.4, 0.5) is 0 Å². The molecule has 0 unspecified atom stereocenters. The fourth-order valence-electron chi connectivity index (χ4n) is 1.38. The minimum atomic E-state index is 0.578. The lowest BCUT2D eigenvalue weighted by atomic mass is 10.2. The van der Waals surface area contributed by atoms with Crippen molar-refractivity contribution in [3.05, 3.63) is 41.5 Å². The molecule has 0 fully saturated rings. The minimum absolute atomic E-state index is 0.578. The standard InChI is InChI=1S/C14H19NO.C2H6/c1-4-5-13(10-15-3)11-16-14-8-6-12(2)7-9-14;1-2/h5-10H,4,11H2,1-3H3;1-2H3/b13-5+,15-10?;. The summed E-state index contributed by atoms with van der Waals surface area (Å²) in [5.41, 5.74) is 2.36. The molecule has 0 aliphatic carbocycles. The van der Waals surface area contributed by atoms with Gasteiger partial charge in [0, 0.05) is 18.8 Å². The number of rotatable bonds is 5. The van der Waals surface area contributed by atoms with E-state index in [9.17, 15) is 0 Å². The SMILES string of the molecule is CC.CC/C=C(\C=NC)COc1ccc(C)cc1. The molecule has 0 aliphatic rings. The lowest BCUT2D eigenvalue weighted by molar-refractivity contribution is 0.357. The van der Waals surface area contributed by atoms with Gasteiger partial charge in [-0.15, -0.1) is 0 Å². The number of nitrogens with zero attached hydrogens (tertiary/aromatic N) is 1. The molecule has 1 aromatic carbocycles. The Bertz CT molecular complexity index is 363. The van der Waals surface area contributed by atoms with Crippen LogP contribution in [0.25, 0.3) is 0 Å². The van der Waals surface area contributed by atoms with Crippen molar-refractivity contribution in [2.75, 3.05) is 13.7 Å². The molecular formula is C16H25NO. The van der Waals surface area contributed by atoms with Crippen molar-refractivity contribution in [1.82, 2.24) is 0 Å². The van der Waals surface area contributed by atoms with E-state index < -0.39 is 0 Å². The first-order valence-electron chi connectivity index (χ1n) is 6.57. The van der Waals surface area contributed by atoms with Gasteiger partial charge in [0.1, 0.15) is 12.4 Å². The highest BCUT2D eigenvalue weighted by molar-refractivity contribution is 5.78. The third-order valence-electron chi connectivity index (χ3n) is 2.19. The second-order valence-electron chi connectivity index (χ2n) is 3.68. The topological polar surface area (TPSA) is 21.6 Å². The fraction of sp³-hybridized carbons (Fsp3) is 0.438. The van der Waals surface area contributed by atoms with E-state index in [1.807, 2.05) is 44.3 Å². The van der Waals surface area contributed by atoms with Gasteiger partial charge in [0.15, 0.2) is 0 Å². The summed E-state index contributed by atoms with van der Waals surface area (Å²) in [6.07, 6.45) is 4.97. The van der Waals surface area contributed by atoms with Crippen LogP contribution in [0.1, 0.15) is 32.8 Å². The van der Waals surface area contributed by atoms with Crippen LogP contribution >= 0.6 is 0 Å². The Morgan fingerprint density at radius 3 is 2.33 bits per heavy atom. The van der Waals surface area contributed by atoms with E-state index in [1.165, 1.54) is 5.56 Å². The molecule has 0 bridgehead atoms. The monoisotopic (exact) mass is 247 g/mol. The summed E-state index contributed by atoms with van der Waals surface area (Å²) in [4.78, 5) is 4.01. The summed E-state index contributed by atoms with van der Waals surface area (Å²) < 4.78 is 5.67. The van der Waals surface area contributed by atoms with Crippen molar-refractivity contribution in [3.63, 3.8) is 0 Å². The highest BCUT2D eigenvalue weighted by Gasteiger charge is 1.96. The van der Waals surface area contributed by atoms with Gasteiger partial charge in [0.05, 0.1) is 0 Å². The average molecular weight is 247 g/mol. The van der Waals surface area contributed by atoms with Crippen LogP contribution in [0.15, 0.2) is 40.9 Å². The summed E-state index contributed by atoms with van der Waals surface area (Å²) >= 11 is 0. The second-order valence-corrected chi connectivity index (χ2v) is 3.68. The van der Waals surface area contributed by atoms with E-state index in [0.717, 1.165) is 17.7 Å². The van der Waals surface area contributed by atoms with Gasteiger partial charge in [-0.05, 0) is 25.5 Å². The van der Waals surface area contributed by atoms with Gasteiger partial charge in [-0.25, -0.2) is 0 Å². The fourth-order valence-corrected chi connectivity index (χ4v) is 1.38. The molecule has 0 aromatic heterocycles. The Hall–Kier alpha value is -1.57. The van der Waals surface area contributed by atoms with Crippen LogP contribution in [0, 0.1) is 6.92 Å². The molecule has 0 saturated carbocycles. The summed E-state index contributed by atoms with van der Waals surface area (Å²) in [5.74, 6) is 0.900. The molecule has 0 heterocycles. The molecule has 1 aromatic rings. The molecule has 0 spiro atoms. The molecule has 0 amide bonds. The molecule has 0 N–H and O–H groups in total. The van der Waals surface area contributed by atoms with E-state index in [2.05, 4.69) is 24.9 Å². The van der Waals surface area contributed by atoms with E-state index in [1.54, 1.807) is 7.05 Å². The third kappa shape index (κ3) is 6.89. The molecule has 2 heteroatoms. The van der Waals surface area contributed by atoms with Gasteiger partial charge in [-0.2, -0.15) is 0 Å². The first-order valence-corrected chi connectivity index (χ1v) is 6.57. The molecule has 100 valence electrons. The molecule has 18 heavy (non-hydrogen) atoms. The van der Waals surface area contributed by atoms with E-state index in [-0.39, 0.29) is 0 Å². The first-order chi connectivity index (χ1) is 8.76. The van der Waals surface area contributed by atoms with Crippen LogP contribution in [0.5, 0.6) is 5.75 Å².